The zero-order chi connectivity index (χ0) is 22.9. The van der Waals surface area contributed by atoms with E-state index in [2.05, 4.69) is 15.9 Å². The third kappa shape index (κ3) is 6.43. The number of likely N-dealkylation sites (tertiary alicyclic amines) is 1. The molecule has 0 saturated carbocycles. The number of methoxy groups -OCH3 is 2. The van der Waals surface area contributed by atoms with E-state index in [9.17, 15) is 4.79 Å². The lowest BCUT2D eigenvalue weighted by molar-refractivity contribution is -0.0679. The van der Waals surface area contributed by atoms with Crippen LogP contribution in [0.3, 0.4) is 0 Å². The average Bonchev–Trinajstić information content (AvgIpc) is 3.28. The minimum Gasteiger partial charge on any atom is -0.478 e. The highest BCUT2D eigenvalue weighted by Gasteiger charge is 2.31. The van der Waals surface area contributed by atoms with E-state index in [4.69, 9.17) is 24.1 Å². The van der Waals surface area contributed by atoms with Gasteiger partial charge in [-0.15, -0.1) is 0 Å². The van der Waals surface area contributed by atoms with Crippen molar-refractivity contribution < 1.29 is 28.8 Å². The molecule has 1 fully saturated rings. The van der Waals surface area contributed by atoms with Gasteiger partial charge in [0.05, 0.1) is 17.7 Å². The molecule has 8 nitrogen and oxygen atoms in total. The van der Waals surface area contributed by atoms with E-state index in [-0.39, 0.29) is 24.5 Å². The minimum absolute atomic E-state index is 0.0985. The molecule has 32 heavy (non-hydrogen) atoms. The summed E-state index contributed by atoms with van der Waals surface area (Å²) in [7, 11) is 5.25. The maximum absolute atomic E-state index is 11.2. The number of ether oxygens (including phenoxy) is 4. The summed E-state index contributed by atoms with van der Waals surface area (Å²) in [4.78, 5) is 15.7. The monoisotopic (exact) mass is 444 g/mol. The number of hydrogen-bond donors (Lipinski definition) is 1. The summed E-state index contributed by atoms with van der Waals surface area (Å²) in [6.07, 6.45) is 1.07. The van der Waals surface area contributed by atoms with Gasteiger partial charge in [0, 0.05) is 46.6 Å². The van der Waals surface area contributed by atoms with E-state index >= 15 is 0 Å². The van der Waals surface area contributed by atoms with Gasteiger partial charge in [0.25, 0.3) is 0 Å². The van der Waals surface area contributed by atoms with E-state index in [0.717, 1.165) is 43.1 Å². The lowest BCUT2D eigenvalue weighted by Crippen LogP contribution is -2.36. The SMILES string of the molecule is COCOc1cccc([C@@H](CN(C)c2ccc(C(=O)O)cc2)N2CC[C@H](OCOC)C2)c1. The van der Waals surface area contributed by atoms with Gasteiger partial charge in [-0.1, -0.05) is 12.1 Å². The fourth-order valence-electron chi connectivity index (χ4n) is 3.93. The molecular weight excluding hydrogens is 412 g/mol. The molecule has 0 aromatic heterocycles. The molecule has 3 rings (SSSR count). The number of carboxylic acids is 1. The summed E-state index contributed by atoms with van der Waals surface area (Å²) in [5, 5.41) is 9.16. The number of anilines is 1. The Hall–Kier alpha value is -2.65. The summed E-state index contributed by atoms with van der Waals surface area (Å²) in [5.74, 6) is -0.168. The molecular formula is C24H32N2O6. The quantitative estimate of drug-likeness (QED) is 0.500. The molecule has 0 unspecified atom stereocenters. The first-order valence-electron chi connectivity index (χ1n) is 10.6. The van der Waals surface area contributed by atoms with E-state index in [1.54, 1.807) is 26.4 Å². The third-order valence-electron chi connectivity index (χ3n) is 5.63. The van der Waals surface area contributed by atoms with Crippen molar-refractivity contribution in [2.45, 2.75) is 18.6 Å². The van der Waals surface area contributed by atoms with Crippen LogP contribution in [0.25, 0.3) is 0 Å². The largest absolute Gasteiger partial charge is 0.478 e. The number of benzene rings is 2. The van der Waals surface area contributed by atoms with Gasteiger partial charge in [0.15, 0.2) is 6.79 Å². The Kier molecular flexibility index (Phi) is 8.87. The van der Waals surface area contributed by atoms with E-state index in [1.807, 2.05) is 37.4 Å². The van der Waals surface area contributed by atoms with Crippen molar-refractivity contribution in [3.8, 4) is 5.75 Å². The molecule has 2 aromatic rings. The van der Waals surface area contributed by atoms with Crippen LogP contribution in [0.4, 0.5) is 5.69 Å². The number of carboxylic acid groups (broad SMARTS) is 1. The molecule has 0 bridgehead atoms. The second kappa shape index (κ2) is 11.8. The summed E-state index contributed by atoms with van der Waals surface area (Å²) in [6.45, 7) is 2.92. The number of hydrogen-bond acceptors (Lipinski definition) is 7. The Morgan fingerprint density at radius 3 is 2.59 bits per heavy atom. The molecule has 174 valence electrons. The van der Waals surface area contributed by atoms with Crippen LogP contribution in [0.2, 0.25) is 0 Å². The second-order valence-electron chi connectivity index (χ2n) is 7.85. The first-order chi connectivity index (χ1) is 15.5. The first-order valence-corrected chi connectivity index (χ1v) is 10.6. The maximum atomic E-state index is 11.2. The zero-order valence-electron chi connectivity index (χ0n) is 18.9. The highest BCUT2D eigenvalue weighted by atomic mass is 16.7. The molecule has 8 heteroatoms. The molecule has 0 amide bonds. The van der Waals surface area contributed by atoms with E-state index in [1.165, 1.54) is 0 Å². The topological polar surface area (TPSA) is 80.7 Å². The van der Waals surface area contributed by atoms with Crippen LogP contribution >= 0.6 is 0 Å². The van der Waals surface area contributed by atoms with E-state index < -0.39 is 5.97 Å². The molecule has 0 spiro atoms. The Morgan fingerprint density at radius 2 is 1.91 bits per heavy atom. The smallest absolute Gasteiger partial charge is 0.335 e. The lowest BCUT2D eigenvalue weighted by Gasteiger charge is -2.33. The molecule has 2 atom stereocenters. The van der Waals surface area contributed by atoms with Crippen molar-refractivity contribution in [2.24, 2.45) is 0 Å². The van der Waals surface area contributed by atoms with Crippen molar-refractivity contribution in [3.05, 3.63) is 59.7 Å². The standard InChI is InChI=1S/C24H32N2O6/c1-25(20-9-7-18(8-10-20)24(27)28)15-23(26-12-11-22(14-26)32-17-30-3)19-5-4-6-21(13-19)31-16-29-2/h4-10,13,22-23H,11-12,14-17H2,1-3H3,(H,27,28)/t22-,23+/m0/s1. The summed E-state index contributed by atoms with van der Waals surface area (Å²) in [6, 6.07) is 15.1. The van der Waals surface area contributed by atoms with Gasteiger partial charge in [-0.3, -0.25) is 4.90 Å². The minimum atomic E-state index is -0.927. The van der Waals surface area contributed by atoms with Gasteiger partial charge in [-0.05, 0) is 48.4 Å². The van der Waals surface area contributed by atoms with Crippen LogP contribution in [0.5, 0.6) is 5.75 Å². The Balaban J connectivity index is 1.79. The normalized spacial score (nSPS) is 17.3. The van der Waals surface area contributed by atoms with Gasteiger partial charge in [0.1, 0.15) is 12.5 Å². The molecule has 0 aliphatic carbocycles. The van der Waals surface area contributed by atoms with Crippen molar-refractivity contribution in [1.29, 1.82) is 0 Å². The van der Waals surface area contributed by atoms with Crippen LogP contribution in [0.1, 0.15) is 28.4 Å². The predicted octanol–water partition coefficient (Wildman–Crippen LogP) is 3.24. The molecule has 1 aliphatic heterocycles. The molecule has 0 radical (unpaired) electrons. The maximum Gasteiger partial charge on any atom is 0.335 e. The second-order valence-corrected chi connectivity index (χ2v) is 7.85. The zero-order valence-corrected chi connectivity index (χ0v) is 18.9. The first kappa shape index (κ1) is 24.0. The van der Waals surface area contributed by atoms with Crippen LogP contribution in [-0.2, 0) is 14.2 Å². The highest BCUT2D eigenvalue weighted by Crippen LogP contribution is 2.30. The number of rotatable bonds is 12. The van der Waals surface area contributed by atoms with Crippen molar-refractivity contribution >= 4 is 11.7 Å². The van der Waals surface area contributed by atoms with Crippen LogP contribution in [-0.4, -0.2) is 76.6 Å². The Labute approximate surface area is 189 Å². The number of carbonyl (C=O) groups is 1. The summed E-state index contributed by atoms with van der Waals surface area (Å²) < 4.78 is 21.6. The molecule has 1 N–H and O–H groups in total. The lowest BCUT2D eigenvalue weighted by atomic mass is 10.0. The van der Waals surface area contributed by atoms with Gasteiger partial charge >= 0.3 is 5.97 Å². The number of likely N-dealkylation sites (N-methyl/N-ethyl adjacent to an activating group) is 1. The van der Waals surface area contributed by atoms with Gasteiger partial charge < -0.3 is 29.0 Å². The van der Waals surface area contributed by atoms with E-state index in [0.29, 0.717) is 6.79 Å². The number of aromatic carboxylic acids is 1. The predicted molar refractivity (Wildman–Crippen MR) is 121 cm³/mol. The summed E-state index contributed by atoms with van der Waals surface area (Å²) in [5.41, 5.74) is 2.37. The number of nitrogens with zero attached hydrogens (tertiary/aromatic N) is 2. The Bertz CT molecular complexity index is 860. The Morgan fingerprint density at radius 1 is 1.16 bits per heavy atom. The molecule has 1 heterocycles. The fraction of sp³-hybridized carbons (Fsp3) is 0.458. The van der Waals surface area contributed by atoms with Gasteiger partial charge in [-0.25, -0.2) is 4.79 Å². The molecule has 2 aromatic carbocycles. The molecule has 1 saturated heterocycles. The van der Waals surface area contributed by atoms with Crippen LogP contribution < -0.4 is 9.64 Å². The van der Waals surface area contributed by atoms with Crippen molar-refractivity contribution in [2.75, 3.05) is 59.4 Å². The third-order valence-corrected chi connectivity index (χ3v) is 5.63. The van der Waals surface area contributed by atoms with Crippen LogP contribution in [0.15, 0.2) is 48.5 Å². The van der Waals surface area contributed by atoms with Crippen molar-refractivity contribution in [1.82, 2.24) is 4.90 Å². The molecule has 1 aliphatic rings. The van der Waals surface area contributed by atoms with Gasteiger partial charge in [0.2, 0.25) is 0 Å². The summed E-state index contributed by atoms with van der Waals surface area (Å²) >= 11 is 0. The fourth-order valence-corrected chi connectivity index (χ4v) is 3.93. The highest BCUT2D eigenvalue weighted by molar-refractivity contribution is 5.88. The average molecular weight is 445 g/mol. The van der Waals surface area contributed by atoms with Crippen molar-refractivity contribution in [3.63, 3.8) is 0 Å². The van der Waals surface area contributed by atoms with Crippen LogP contribution in [0, 0.1) is 0 Å². The van der Waals surface area contributed by atoms with Gasteiger partial charge in [-0.2, -0.15) is 0 Å².